The summed E-state index contributed by atoms with van der Waals surface area (Å²) < 4.78 is 6.03. The normalized spacial score (nSPS) is 11.3. The Hall–Kier alpha value is -3.07. The summed E-state index contributed by atoms with van der Waals surface area (Å²) in [5.41, 5.74) is 4.68. The number of aliphatic hydroxyl groups excluding tert-OH is 3. The highest BCUT2D eigenvalue weighted by atomic mass is 35.5. The molecule has 0 radical (unpaired) electrons. The minimum Gasteiger partial charge on any atom is -0.416 e. The van der Waals surface area contributed by atoms with Gasteiger partial charge in [0.1, 0.15) is 0 Å². The van der Waals surface area contributed by atoms with E-state index < -0.39 is 5.54 Å². The summed E-state index contributed by atoms with van der Waals surface area (Å²) in [5, 5.41) is 40.0. The zero-order valence-corrected chi connectivity index (χ0v) is 19.6. The SMILES string of the molecule is Cc1c(-c2ccccc2)cccc1-c1nnc(-c2cccc(CNC(CO)(CO)CO)c2)o1.Cl. The highest BCUT2D eigenvalue weighted by molar-refractivity contribution is 5.85. The number of aliphatic hydroxyl groups is 3. The molecule has 4 aromatic rings. The maximum atomic E-state index is 9.50. The molecule has 178 valence electrons. The zero-order valence-electron chi connectivity index (χ0n) is 18.8. The lowest BCUT2D eigenvalue weighted by Crippen LogP contribution is -2.54. The molecule has 0 bridgehead atoms. The second-order valence-corrected chi connectivity index (χ2v) is 8.07. The summed E-state index contributed by atoms with van der Waals surface area (Å²) in [7, 11) is 0. The Kier molecular flexibility index (Phi) is 8.55. The molecular formula is C26H28ClN3O4. The number of hydrogen-bond donors (Lipinski definition) is 4. The van der Waals surface area contributed by atoms with E-state index in [9.17, 15) is 15.3 Å². The van der Waals surface area contributed by atoms with Gasteiger partial charge in [0.05, 0.1) is 25.4 Å². The maximum Gasteiger partial charge on any atom is 0.248 e. The van der Waals surface area contributed by atoms with E-state index in [0.717, 1.165) is 33.4 Å². The highest BCUT2D eigenvalue weighted by Gasteiger charge is 2.27. The predicted octanol–water partition coefficient (Wildman–Crippen LogP) is 3.61. The van der Waals surface area contributed by atoms with Crippen LogP contribution in [0.5, 0.6) is 0 Å². The van der Waals surface area contributed by atoms with Crippen molar-refractivity contribution in [2.75, 3.05) is 19.8 Å². The third-order valence-corrected chi connectivity index (χ3v) is 5.82. The molecule has 34 heavy (non-hydrogen) atoms. The largest absolute Gasteiger partial charge is 0.416 e. The Bertz CT molecular complexity index is 1200. The molecule has 0 aliphatic heterocycles. The lowest BCUT2D eigenvalue weighted by Gasteiger charge is -2.28. The van der Waals surface area contributed by atoms with Crippen LogP contribution in [0.25, 0.3) is 34.0 Å². The quantitative estimate of drug-likeness (QED) is 0.289. The molecule has 0 unspecified atom stereocenters. The van der Waals surface area contributed by atoms with E-state index in [-0.39, 0.29) is 32.2 Å². The number of nitrogens with zero attached hydrogens (tertiary/aromatic N) is 2. The van der Waals surface area contributed by atoms with E-state index in [1.165, 1.54) is 0 Å². The minimum atomic E-state index is -1.14. The Morgan fingerprint density at radius 1 is 0.765 bits per heavy atom. The molecule has 0 spiro atoms. The number of aromatic nitrogens is 2. The second kappa shape index (κ2) is 11.4. The average molecular weight is 482 g/mol. The van der Waals surface area contributed by atoms with E-state index >= 15 is 0 Å². The zero-order chi connectivity index (χ0) is 23.3. The maximum absolute atomic E-state index is 9.50. The number of rotatable bonds is 9. The number of nitrogens with one attached hydrogen (secondary N) is 1. The Morgan fingerprint density at radius 3 is 2.09 bits per heavy atom. The smallest absolute Gasteiger partial charge is 0.248 e. The molecule has 1 aromatic heterocycles. The van der Waals surface area contributed by atoms with Crippen LogP contribution in [0.4, 0.5) is 0 Å². The van der Waals surface area contributed by atoms with Crippen molar-refractivity contribution >= 4 is 12.4 Å². The molecule has 3 aromatic carbocycles. The monoisotopic (exact) mass is 481 g/mol. The standard InChI is InChI=1S/C26H27N3O4.ClH/c1-18-22(20-8-3-2-4-9-20)11-6-12-23(18)25-29-28-24(33-25)21-10-5-7-19(13-21)14-27-26(15-30,16-31)17-32;/h2-13,27,30-32H,14-17H2,1H3;1H. The summed E-state index contributed by atoms with van der Waals surface area (Å²) in [5.74, 6) is 0.845. The van der Waals surface area contributed by atoms with Crippen molar-refractivity contribution in [1.29, 1.82) is 0 Å². The third kappa shape index (κ3) is 5.35. The molecule has 0 atom stereocenters. The fourth-order valence-corrected chi connectivity index (χ4v) is 3.67. The van der Waals surface area contributed by atoms with Crippen LogP contribution in [0.2, 0.25) is 0 Å². The van der Waals surface area contributed by atoms with Crippen LogP contribution in [0.1, 0.15) is 11.1 Å². The predicted molar refractivity (Wildman–Crippen MR) is 133 cm³/mol. The van der Waals surface area contributed by atoms with Crippen molar-refractivity contribution in [2.24, 2.45) is 0 Å². The van der Waals surface area contributed by atoms with E-state index in [1.54, 1.807) is 0 Å². The number of halogens is 1. The first-order valence-electron chi connectivity index (χ1n) is 10.7. The molecule has 0 aliphatic rings. The van der Waals surface area contributed by atoms with Crippen molar-refractivity contribution in [2.45, 2.75) is 19.0 Å². The number of hydrogen-bond acceptors (Lipinski definition) is 7. The van der Waals surface area contributed by atoms with Crippen molar-refractivity contribution in [1.82, 2.24) is 15.5 Å². The molecular weight excluding hydrogens is 454 g/mol. The summed E-state index contributed by atoms with van der Waals surface area (Å²) in [6.07, 6.45) is 0. The molecule has 4 N–H and O–H groups in total. The van der Waals surface area contributed by atoms with Gasteiger partial charge >= 0.3 is 0 Å². The molecule has 7 nitrogen and oxygen atoms in total. The van der Waals surface area contributed by atoms with Gasteiger partial charge < -0.3 is 25.1 Å². The molecule has 1 heterocycles. The van der Waals surface area contributed by atoms with Gasteiger partial charge in [-0.3, -0.25) is 0 Å². The average Bonchev–Trinajstić information content (AvgIpc) is 3.36. The molecule has 0 amide bonds. The van der Waals surface area contributed by atoms with Gasteiger partial charge in [0.2, 0.25) is 11.8 Å². The molecule has 8 heteroatoms. The Morgan fingerprint density at radius 2 is 1.38 bits per heavy atom. The molecule has 4 rings (SSSR count). The van der Waals surface area contributed by atoms with Crippen molar-refractivity contribution in [3.05, 3.63) is 83.9 Å². The third-order valence-electron chi connectivity index (χ3n) is 5.82. The fraction of sp³-hybridized carbons (Fsp3) is 0.231. The van der Waals surface area contributed by atoms with Crippen LogP contribution in [-0.4, -0.2) is 50.9 Å². The summed E-state index contributed by atoms with van der Waals surface area (Å²) in [6, 6.07) is 23.7. The molecule has 0 saturated carbocycles. The van der Waals surface area contributed by atoms with Crippen molar-refractivity contribution in [3.8, 4) is 34.0 Å². The number of benzene rings is 3. The highest BCUT2D eigenvalue weighted by Crippen LogP contribution is 2.32. The van der Waals surface area contributed by atoms with Gasteiger partial charge in [0, 0.05) is 17.7 Å². The van der Waals surface area contributed by atoms with Gasteiger partial charge in [-0.05, 0) is 47.4 Å². The van der Waals surface area contributed by atoms with Crippen molar-refractivity contribution in [3.63, 3.8) is 0 Å². The first-order valence-corrected chi connectivity index (χ1v) is 10.7. The Balaban J connectivity index is 0.00000324. The lowest BCUT2D eigenvalue weighted by atomic mass is 9.96. The summed E-state index contributed by atoms with van der Waals surface area (Å²) in [6.45, 7) is 1.24. The molecule has 0 aliphatic carbocycles. The van der Waals surface area contributed by atoms with Gasteiger partial charge in [-0.1, -0.05) is 54.6 Å². The van der Waals surface area contributed by atoms with E-state index in [1.807, 2.05) is 61.5 Å². The van der Waals surface area contributed by atoms with E-state index in [4.69, 9.17) is 4.42 Å². The summed E-state index contributed by atoms with van der Waals surface area (Å²) >= 11 is 0. The van der Waals surface area contributed by atoms with Gasteiger partial charge in [0.25, 0.3) is 0 Å². The van der Waals surface area contributed by atoms with Crippen LogP contribution in [0, 0.1) is 6.92 Å². The second-order valence-electron chi connectivity index (χ2n) is 8.07. The summed E-state index contributed by atoms with van der Waals surface area (Å²) in [4.78, 5) is 0. The topological polar surface area (TPSA) is 112 Å². The van der Waals surface area contributed by atoms with Crippen LogP contribution in [0.15, 0.2) is 77.2 Å². The van der Waals surface area contributed by atoms with Gasteiger partial charge in [0.15, 0.2) is 0 Å². The van der Waals surface area contributed by atoms with E-state index in [2.05, 4.69) is 33.7 Å². The van der Waals surface area contributed by atoms with Crippen LogP contribution in [0.3, 0.4) is 0 Å². The van der Waals surface area contributed by atoms with Crippen LogP contribution >= 0.6 is 12.4 Å². The Labute approximate surface area is 204 Å². The van der Waals surface area contributed by atoms with E-state index in [0.29, 0.717) is 18.3 Å². The van der Waals surface area contributed by atoms with Crippen molar-refractivity contribution < 1.29 is 19.7 Å². The van der Waals surface area contributed by atoms with Gasteiger partial charge in [-0.2, -0.15) is 0 Å². The minimum absolute atomic E-state index is 0. The van der Waals surface area contributed by atoms with Crippen LogP contribution < -0.4 is 5.32 Å². The van der Waals surface area contributed by atoms with Gasteiger partial charge in [-0.15, -0.1) is 22.6 Å². The van der Waals surface area contributed by atoms with Gasteiger partial charge in [-0.25, -0.2) is 0 Å². The fourth-order valence-electron chi connectivity index (χ4n) is 3.67. The molecule has 0 saturated heterocycles. The van der Waals surface area contributed by atoms with Crippen LogP contribution in [-0.2, 0) is 6.54 Å². The molecule has 0 fully saturated rings. The lowest BCUT2D eigenvalue weighted by molar-refractivity contribution is 0.0414. The first kappa shape index (κ1) is 25.6. The first-order chi connectivity index (χ1) is 16.1.